The van der Waals surface area contributed by atoms with E-state index >= 15 is 0 Å². The molecule has 2 heterocycles. The number of anilines is 2. The van der Waals surface area contributed by atoms with Crippen LogP contribution in [0.4, 0.5) is 11.4 Å². The molecule has 0 saturated carbocycles. The number of nitrogens with one attached hydrogen (secondary N) is 2. The number of halogens is 1. The first-order chi connectivity index (χ1) is 18.0. The summed E-state index contributed by atoms with van der Waals surface area (Å²) in [7, 11) is 0. The van der Waals surface area contributed by atoms with Gasteiger partial charge in [0.25, 0.3) is 17.7 Å². The fraction of sp³-hybridized carbons (Fsp3) is 0.0357. The summed E-state index contributed by atoms with van der Waals surface area (Å²) in [5.74, 6) is -0.608. The van der Waals surface area contributed by atoms with E-state index in [9.17, 15) is 14.4 Å². The molecule has 0 bridgehead atoms. The molecule has 0 fully saturated rings. The number of benzene rings is 3. The second-order valence-electron chi connectivity index (χ2n) is 8.06. The Labute approximate surface area is 225 Å². The van der Waals surface area contributed by atoms with Crippen LogP contribution >= 0.6 is 27.7 Å². The number of hydrogen-bond acceptors (Lipinski definition) is 6. The molecule has 3 aromatic carbocycles. The van der Waals surface area contributed by atoms with Crippen LogP contribution in [0.25, 0.3) is 0 Å². The Hall–Kier alpha value is -4.08. The first-order valence-electron chi connectivity index (χ1n) is 11.3. The highest BCUT2D eigenvalue weighted by atomic mass is 79.9. The third-order valence-electron chi connectivity index (χ3n) is 5.48. The quantitative estimate of drug-likeness (QED) is 0.241. The number of nitrogens with zero attached hydrogens (tertiary/aromatic N) is 1. The van der Waals surface area contributed by atoms with Gasteiger partial charge >= 0.3 is 0 Å². The van der Waals surface area contributed by atoms with Crippen molar-refractivity contribution in [2.24, 2.45) is 0 Å². The molecule has 0 aliphatic carbocycles. The van der Waals surface area contributed by atoms with Crippen molar-refractivity contribution < 1.29 is 18.8 Å². The van der Waals surface area contributed by atoms with Crippen LogP contribution in [0, 0.1) is 0 Å². The average molecular weight is 574 g/mol. The lowest BCUT2D eigenvalue weighted by Gasteiger charge is -2.13. The van der Waals surface area contributed by atoms with Crippen molar-refractivity contribution >= 4 is 56.8 Å². The van der Waals surface area contributed by atoms with Gasteiger partial charge in [0.1, 0.15) is 16.4 Å². The Bertz CT molecular complexity index is 1490. The SMILES string of the molecule is O=C(Nc1cccc(SC2=C(Nc3ccc(Br)cc3)C(=O)N(Cc3ccco3)C2=O)c1)c1ccccc1. The number of carbonyl (C=O) groups is 3. The summed E-state index contributed by atoms with van der Waals surface area (Å²) in [4.78, 5) is 41.5. The summed E-state index contributed by atoms with van der Waals surface area (Å²) < 4.78 is 6.26. The molecule has 37 heavy (non-hydrogen) atoms. The van der Waals surface area contributed by atoms with Crippen LogP contribution in [0.3, 0.4) is 0 Å². The van der Waals surface area contributed by atoms with E-state index in [0.717, 1.165) is 21.1 Å². The number of amides is 3. The van der Waals surface area contributed by atoms with Gasteiger partial charge in [-0.05, 0) is 66.7 Å². The maximum absolute atomic E-state index is 13.4. The monoisotopic (exact) mass is 573 g/mol. The van der Waals surface area contributed by atoms with Crippen molar-refractivity contribution in [1.29, 1.82) is 0 Å². The molecule has 0 spiro atoms. The molecular formula is C28H20BrN3O4S. The van der Waals surface area contributed by atoms with Gasteiger partial charge in [0.05, 0.1) is 12.8 Å². The Morgan fingerprint density at radius 1 is 0.865 bits per heavy atom. The number of rotatable bonds is 8. The molecule has 0 atom stereocenters. The predicted octanol–water partition coefficient (Wildman–Crippen LogP) is 6.28. The third-order valence-corrected chi connectivity index (χ3v) is 7.08. The van der Waals surface area contributed by atoms with Crippen LogP contribution in [0.5, 0.6) is 0 Å². The summed E-state index contributed by atoms with van der Waals surface area (Å²) in [5, 5.41) is 6.00. The number of thioether (sulfide) groups is 1. The molecule has 184 valence electrons. The molecule has 0 radical (unpaired) electrons. The minimum absolute atomic E-state index is 0.0212. The molecule has 5 rings (SSSR count). The summed E-state index contributed by atoms with van der Waals surface area (Å²) in [6, 6.07) is 26.8. The summed E-state index contributed by atoms with van der Waals surface area (Å²) in [6.45, 7) is 0.0212. The summed E-state index contributed by atoms with van der Waals surface area (Å²) in [5.41, 5.74) is 1.96. The minimum atomic E-state index is -0.444. The maximum atomic E-state index is 13.4. The molecular weight excluding hydrogens is 554 g/mol. The largest absolute Gasteiger partial charge is 0.467 e. The highest BCUT2D eigenvalue weighted by molar-refractivity contribution is 9.10. The van der Waals surface area contributed by atoms with Crippen molar-refractivity contribution in [3.63, 3.8) is 0 Å². The van der Waals surface area contributed by atoms with E-state index < -0.39 is 11.8 Å². The number of carbonyl (C=O) groups excluding carboxylic acids is 3. The molecule has 9 heteroatoms. The van der Waals surface area contributed by atoms with Crippen LogP contribution in [0.2, 0.25) is 0 Å². The van der Waals surface area contributed by atoms with Crippen LogP contribution in [0.15, 0.2) is 122 Å². The summed E-state index contributed by atoms with van der Waals surface area (Å²) >= 11 is 4.56. The van der Waals surface area contributed by atoms with E-state index in [1.165, 1.54) is 6.26 Å². The molecule has 3 amide bonds. The Morgan fingerprint density at radius 3 is 2.38 bits per heavy atom. The fourth-order valence-corrected chi connectivity index (χ4v) is 4.96. The molecule has 7 nitrogen and oxygen atoms in total. The smallest absolute Gasteiger partial charge is 0.278 e. The van der Waals surface area contributed by atoms with Gasteiger partial charge in [0, 0.05) is 26.3 Å². The predicted molar refractivity (Wildman–Crippen MR) is 146 cm³/mol. The van der Waals surface area contributed by atoms with Gasteiger partial charge in [-0.15, -0.1) is 0 Å². The van der Waals surface area contributed by atoms with E-state index in [1.807, 2.05) is 36.4 Å². The summed E-state index contributed by atoms with van der Waals surface area (Å²) in [6.07, 6.45) is 1.50. The van der Waals surface area contributed by atoms with Gasteiger partial charge in [0.15, 0.2) is 0 Å². The first-order valence-corrected chi connectivity index (χ1v) is 12.9. The number of hydrogen-bond donors (Lipinski definition) is 2. The van der Waals surface area contributed by atoms with Gasteiger partial charge < -0.3 is 15.1 Å². The van der Waals surface area contributed by atoms with Gasteiger partial charge in [-0.3, -0.25) is 19.3 Å². The average Bonchev–Trinajstić information content (AvgIpc) is 3.50. The zero-order chi connectivity index (χ0) is 25.8. The Kier molecular flexibility index (Phi) is 7.25. The normalized spacial score (nSPS) is 13.3. The molecule has 1 aliphatic heterocycles. The van der Waals surface area contributed by atoms with Crippen molar-refractivity contribution in [3.05, 3.63) is 124 Å². The van der Waals surface area contributed by atoms with Gasteiger partial charge in [-0.2, -0.15) is 0 Å². The molecule has 1 aromatic heterocycles. The van der Waals surface area contributed by atoms with Crippen LogP contribution in [0.1, 0.15) is 16.1 Å². The molecule has 0 saturated heterocycles. The van der Waals surface area contributed by atoms with E-state index in [1.54, 1.807) is 54.6 Å². The zero-order valence-electron chi connectivity index (χ0n) is 19.3. The fourth-order valence-electron chi connectivity index (χ4n) is 3.69. The van der Waals surface area contributed by atoms with Gasteiger partial charge in [-0.25, -0.2) is 0 Å². The number of imide groups is 1. The second-order valence-corrected chi connectivity index (χ2v) is 10.1. The topological polar surface area (TPSA) is 91.7 Å². The highest BCUT2D eigenvalue weighted by Crippen LogP contribution is 2.37. The Balaban J connectivity index is 1.42. The lowest BCUT2D eigenvalue weighted by Crippen LogP contribution is -2.31. The van der Waals surface area contributed by atoms with Crippen molar-refractivity contribution in [2.45, 2.75) is 11.4 Å². The van der Waals surface area contributed by atoms with Crippen molar-refractivity contribution in [3.8, 4) is 0 Å². The third kappa shape index (κ3) is 5.68. The van der Waals surface area contributed by atoms with E-state index in [-0.39, 0.29) is 23.1 Å². The van der Waals surface area contributed by atoms with E-state index in [2.05, 4.69) is 26.6 Å². The van der Waals surface area contributed by atoms with Gasteiger partial charge in [0.2, 0.25) is 0 Å². The molecule has 1 aliphatic rings. The van der Waals surface area contributed by atoms with E-state index in [4.69, 9.17) is 4.42 Å². The number of furan rings is 1. The van der Waals surface area contributed by atoms with Crippen LogP contribution in [-0.2, 0) is 16.1 Å². The first kappa shape index (κ1) is 24.6. The zero-order valence-corrected chi connectivity index (χ0v) is 21.7. The Morgan fingerprint density at radius 2 is 1.65 bits per heavy atom. The van der Waals surface area contributed by atoms with Crippen LogP contribution < -0.4 is 10.6 Å². The molecule has 2 N–H and O–H groups in total. The van der Waals surface area contributed by atoms with Crippen LogP contribution in [-0.4, -0.2) is 22.6 Å². The van der Waals surface area contributed by atoms with Crippen molar-refractivity contribution in [2.75, 3.05) is 10.6 Å². The lowest BCUT2D eigenvalue weighted by atomic mass is 10.2. The molecule has 4 aromatic rings. The standard InChI is InChI=1S/C28H20BrN3O4S/c29-19-11-13-20(14-12-19)30-24-25(28(35)32(27(24)34)17-22-9-5-15-36-22)37-23-10-4-8-21(16-23)31-26(33)18-6-2-1-3-7-18/h1-16,30H,17H2,(H,31,33). The highest BCUT2D eigenvalue weighted by Gasteiger charge is 2.39. The minimum Gasteiger partial charge on any atom is -0.467 e. The van der Waals surface area contributed by atoms with Crippen molar-refractivity contribution in [1.82, 2.24) is 4.90 Å². The van der Waals surface area contributed by atoms with E-state index in [0.29, 0.717) is 27.6 Å². The maximum Gasteiger partial charge on any atom is 0.278 e. The van der Waals surface area contributed by atoms with Gasteiger partial charge in [-0.1, -0.05) is 52.0 Å². The molecule has 0 unspecified atom stereocenters. The lowest BCUT2D eigenvalue weighted by molar-refractivity contribution is -0.138. The second kappa shape index (κ2) is 10.9.